The van der Waals surface area contributed by atoms with Crippen molar-refractivity contribution in [3.8, 4) is 0 Å². The summed E-state index contributed by atoms with van der Waals surface area (Å²) < 4.78 is 16.8. The van der Waals surface area contributed by atoms with Crippen molar-refractivity contribution in [3.63, 3.8) is 0 Å². The largest absolute Gasteiger partial charge is 0.462 e. The summed E-state index contributed by atoms with van der Waals surface area (Å²) in [5, 5.41) is 0. The zero-order chi connectivity index (χ0) is 48.6. The van der Waals surface area contributed by atoms with Crippen LogP contribution in [0.4, 0.5) is 0 Å². The summed E-state index contributed by atoms with van der Waals surface area (Å²) >= 11 is 0. The van der Waals surface area contributed by atoms with Gasteiger partial charge >= 0.3 is 17.9 Å². The molecule has 0 saturated heterocycles. The Morgan fingerprint density at radius 3 is 0.896 bits per heavy atom. The Kier molecular flexibility index (Phi) is 52.8. The van der Waals surface area contributed by atoms with Gasteiger partial charge in [0.2, 0.25) is 0 Å². The van der Waals surface area contributed by atoms with E-state index in [9.17, 15) is 14.4 Å². The van der Waals surface area contributed by atoms with Crippen molar-refractivity contribution in [2.45, 2.75) is 284 Å². The number of hydrogen-bond donors (Lipinski definition) is 0. The fourth-order valence-electron chi connectivity index (χ4n) is 7.89. The lowest BCUT2D eigenvalue weighted by Crippen LogP contribution is -2.30. The van der Waals surface area contributed by atoms with Crippen LogP contribution in [-0.4, -0.2) is 37.2 Å². The Balaban J connectivity index is 4.52. The number of carbonyl (C=O) groups is 3. The maximum absolute atomic E-state index is 12.8. The molecule has 6 nitrogen and oxygen atoms in total. The first kappa shape index (κ1) is 63.8. The molecule has 0 aliphatic rings. The van der Waals surface area contributed by atoms with Crippen LogP contribution in [0.2, 0.25) is 0 Å². The minimum Gasteiger partial charge on any atom is -0.462 e. The van der Waals surface area contributed by atoms with Crippen LogP contribution in [0, 0.1) is 0 Å². The predicted octanol–water partition coefficient (Wildman–Crippen LogP) is 19.0. The summed E-state index contributed by atoms with van der Waals surface area (Å²) in [6, 6.07) is 0. The lowest BCUT2D eigenvalue weighted by molar-refractivity contribution is -0.167. The highest BCUT2D eigenvalue weighted by atomic mass is 16.6. The highest BCUT2D eigenvalue weighted by Gasteiger charge is 2.19. The number of ether oxygens (including phenoxy) is 3. The Labute approximate surface area is 414 Å². The fourth-order valence-corrected chi connectivity index (χ4v) is 7.89. The summed E-state index contributed by atoms with van der Waals surface area (Å²) in [6.07, 6.45) is 70.5. The molecule has 0 rings (SSSR count). The van der Waals surface area contributed by atoms with Crippen molar-refractivity contribution >= 4 is 17.9 Å². The van der Waals surface area contributed by atoms with Gasteiger partial charge in [-0.15, -0.1) is 0 Å². The summed E-state index contributed by atoms with van der Waals surface area (Å²) in [5.74, 6) is -1.01. The van der Waals surface area contributed by atoms with Crippen molar-refractivity contribution in [2.24, 2.45) is 0 Å². The van der Waals surface area contributed by atoms with Gasteiger partial charge in [0.15, 0.2) is 6.10 Å². The SMILES string of the molecule is CCCCCCCC/C=C\C/C=C\C/C=C\CCCC(=O)OC[C@H](COC(=O)CCCCCCCCCCCCCCCCC)OC(=O)CCC/C=C\C/C=C\C/C=C\CCCCCCCC. The molecule has 0 aliphatic carbocycles. The van der Waals surface area contributed by atoms with E-state index in [-0.39, 0.29) is 44.0 Å². The Morgan fingerprint density at radius 2 is 0.552 bits per heavy atom. The highest BCUT2D eigenvalue weighted by molar-refractivity contribution is 5.71. The molecule has 386 valence electrons. The molecule has 6 heteroatoms. The molecule has 0 aromatic rings. The Morgan fingerprint density at radius 1 is 0.299 bits per heavy atom. The van der Waals surface area contributed by atoms with Gasteiger partial charge in [0.25, 0.3) is 0 Å². The second-order valence-corrected chi connectivity index (χ2v) is 18.8. The molecule has 0 bridgehead atoms. The fraction of sp³-hybridized carbons (Fsp3) is 0.754. The van der Waals surface area contributed by atoms with Gasteiger partial charge in [-0.3, -0.25) is 14.4 Å². The van der Waals surface area contributed by atoms with Gasteiger partial charge in [-0.2, -0.15) is 0 Å². The quantitative estimate of drug-likeness (QED) is 0.0262. The summed E-state index contributed by atoms with van der Waals surface area (Å²) in [6.45, 7) is 6.56. The number of esters is 3. The van der Waals surface area contributed by atoms with E-state index in [0.29, 0.717) is 19.3 Å². The minimum absolute atomic E-state index is 0.109. The zero-order valence-corrected chi connectivity index (χ0v) is 44.2. The van der Waals surface area contributed by atoms with Crippen LogP contribution in [0.1, 0.15) is 278 Å². The second kappa shape index (κ2) is 55.4. The van der Waals surface area contributed by atoms with Gasteiger partial charge in [0, 0.05) is 19.3 Å². The van der Waals surface area contributed by atoms with Crippen molar-refractivity contribution in [1.29, 1.82) is 0 Å². The van der Waals surface area contributed by atoms with Crippen LogP contribution < -0.4 is 0 Å². The molecule has 0 aromatic heterocycles. The summed E-state index contributed by atoms with van der Waals surface area (Å²) in [5.41, 5.74) is 0. The maximum atomic E-state index is 12.8. The monoisotopic (exact) mass is 935 g/mol. The third kappa shape index (κ3) is 53.7. The predicted molar refractivity (Wildman–Crippen MR) is 288 cm³/mol. The van der Waals surface area contributed by atoms with E-state index in [1.54, 1.807) is 0 Å². The van der Waals surface area contributed by atoms with Crippen LogP contribution in [-0.2, 0) is 28.6 Å². The molecular weight excluding hydrogens is 829 g/mol. The smallest absolute Gasteiger partial charge is 0.306 e. The number of carbonyl (C=O) groups excluding carboxylic acids is 3. The number of hydrogen-bond acceptors (Lipinski definition) is 6. The number of unbranched alkanes of at least 4 members (excludes halogenated alkanes) is 28. The molecule has 0 spiro atoms. The molecule has 0 aliphatic heterocycles. The van der Waals surface area contributed by atoms with Gasteiger partial charge in [0.1, 0.15) is 13.2 Å². The van der Waals surface area contributed by atoms with Crippen LogP contribution >= 0.6 is 0 Å². The van der Waals surface area contributed by atoms with Gasteiger partial charge < -0.3 is 14.2 Å². The highest BCUT2D eigenvalue weighted by Crippen LogP contribution is 2.15. The zero-order valence-electron chi connectivity index (χ0n) is 44.2. The van der Waals surface area contributed by atoms with E-state index in [2.05, 4.69) is 93.7 Å². The van der Waals surface area contributed by atoms with Crippen LogP contribution in [0.15, 0.2) is 72.9 Å². The molecule has 0 fully saturated rings. The first-order valence-corrected chi connectivity index (χ1v) is 28.4. The number of allylic oxidation sites excluding steroid dienone is 12. The van der Waals surface area contributed by atoms with E-state index in [4.69, 9.17) is 14.2 Å². The van der Waals surface area contributed by atoms with E-state index in [0.717, 1.165) is 57.8 Å². The van der Waals surface area contributed by atoms with Crippen molar-refractivity contribution < 1.29 is 28.6 Å². The third-order valence-corrected chi connectivity index (χ3v) is 12.2. The third-order valence-electron chi connectivity index (χ3n) is 12.2. The van der Waals surface area contributed by atoms with Crippen LogP contribution in [0.5, 0.6) is 0 Å². The number of rotatable bonds is 51. The Hall–Kier alpha value is -3.15. The van der Waals surface area contributed by atoms with E-state index < -0.39 is 6.10 Å². The maximum Gasteiger partial charge on any atom is 0.306 e. The Bertz CT molecular complexity index is 1260. The topological polar surface area (TPSA) is 78.9 Å². The minimum atomic E-state index is -0.820. The molecule has 0 saturated carbocycles. The van der Waals surface area contributed by atoms with Crippen molar-refractivity contribution in [2.75, 3.05) is 13.2 Å². The molecule has 0 unspecified atom stereocenters. The first-order valence-electron chi connectivity index (χ1n) is 28.4. The first-order chi connectivity index (χ1) is 33.0. The average Bonchev–Trinajstić information content (AvgIpc) is 3.33. The standard InChI is InChI=1S/C61H106O6/c1-4-7-10-13-16-19-22-25-28-30-33-36-39-42-45-48-51-54-60(63)66-57-58(56-65-59(62)53-50-47-44-41-38-35-32-27-24-21-18-15-12-9-6-3)67-61(64)55-52-49-46-43-40-37-34-31-29-26-23-20-17-14-11-8-5-2/h25-26,28-29,33-34,36-37,42-43,45-46,58H,4-24,27,30-32,35,38-41,44,47-57H2,1-3H3/b28-25-,29-26-,36-33-,37-34-,45-42-,46-43-/t58-/m0/s1. The van der Waals surface area contributed by atoms with Gasteiger partial charge in [-0.05, 0) is 83.5 Å². The molecule has 67 heavy (non-hydrogen) atoms. The van der Waals surface area contributed by atoms with Gasteiger partial charge in [0.05, 0.1) is 0 Å². The second-order valence-electron chi connectivity index (χ2n) is 18.8. The summed E-state index contributed by atoms with van der Waals surface area (Å²) in [7, 11) is 0. The van der Waals surface area contributed by atoms with Gasteiger partial charge in [-0.1, -0.05) is 248 Å². The molecule has 1 atom stereocenters. The van der Waals surface area contributed by atoms with Gasteiger partial charge in [-0.25, -0.2) is 0 Å². The normalized spacial score (nSPS) is 12.6. The summed E-state index contributed by atoms with van der Waals surface area (Å²) in [4.78, 5) is 38.1. The lowest BCUT2D eigenvalue weighted by atomic mass is 10.0. The van der Waals surface area contributed by atoms with E-state index in [1.165, 1.54) is 167 Å². The van der Waals surface area contributed by atoms with E-state index >= 15 is 0 Å². The van der Waals surface area contributed by atoms with Crippen LogP contribution in [0.25, 0.3) is 0 Å². The van der Waals surface area contributed by atoms with E-state index in [1.807, 2.05) is 0 Å². The molecule has 0 heterocycles. The van der Waals surface area contributed by atoms with Crippen LogP contribution in [0.3, 0.4) is 0 Å². The van der Waals surface area contributed by atoms with Crippen molar-refractivity contribution in [1.82, 2.24) is 0 Å². The average molecular weight is 936 g/mol. The lowest BCUT2D eigenvalue weighted by Gasteiger charge is -2.18. The van der Waals surface area contributed by atoms with Crippen molar-refractivity contribution in [3.05, 3.63) is 72.9 Å². The molecule has 0 aromatic carbocycles. The molecule has 0 radical (unpaired) electrons. The molecule has 0 amide bonds. The molecule has 0 N–H and O–H groups in total. The molecular formula is C61H106O6.